The van der Waals surface area contributed by atoms with Gasteiger partial charge >= 0.3 is 0 Å². The molecule has 0 aliphatic heterocycles. The first-order valence-electron chi connectivity index (χ1n) is 17.4. The monoisotopic (exact) mass is 722 g/mol. The molecule has 0 aliphatic carbocycles. The summed E-state index contributed by atoms with van der Waals surface area (Å²) in [6.45, 7) is 8.40. The van der Waals surface area contributed by atoms with Crippen LogP contribution in [0.3, 0.4) is 0 Å². The van der Waals surface area contributed by atoms with E-state index in [1.165, 1.54) is 0 Å². The first-order valence-corrected chi connectivity index (χ1v) is 17.4. The van der Waals surface area contributed by atoms with Gasteiger partial charge in [0.25, 0.3) is 0 Å². The van der Waals surface area contributed by atoms with Gasteiger partial charge in [0.15, 0.2) is 12.6 Å². The second kappa shape index (κ2) is 16.9. The Labute approximate surface area is 315 Å². The van der Waals surface area contributed by atoms with Crippen LogP contribution in [0.1, 0.15) is 43.0 Å². The van der Waals surface area contributed by atoms with Gasteiger partial charge in [-0.15, -0.1) is 13.2 Å². The summed E-state index contributed by atoms with van der Waals surface area (Å²) < 4.78 is 37.7. The number of methoxy groups -OCH3 is 4. The summed E-state index contributed by atoms with van der Waals surface area (Å²) >= 11 is 0. The summed E-state index contributed by atoms with van der Waals surface area (Å²) in [5.74, 6) is 2.70. The van der Waals surface area contributed by atoms with Crippen molar-refractivity contribution in [2.45, 2.75) is 26.1 Å². The number of benzene rings is 6. The van der Waals surface area contributed by atoms with Crippen molar-refractivity contribution in [2.75, 3.05) is 28.4 Å². The number of carbonyl (C=O) groups is 2. The van der Waals surface area contributed by atoms with E-state index in [-0.39, 0.29) is 13.2 Å². The van der Waals surface area contributed by atoms with Crippen LogP contribution in [-0.2, 0) is 26.1 Å². The van der Waals surface area contributed by atoms with Gasteiger partial charge in [0, 0.05) is 43.8 Å². The van der Waals surface area contributed by atoms with Crippen LogP contribution in [0.2, 0.25) is 0 Å². The number of hydrogen-bond donors (Lipinski definition) is 0. The van der Waals surface area contributed by atoms with Gasteiger partial charge < -0.3 is 28.4 Å². The maximum Gasteiger partial charge on any atom is 0.150 e. The Kier molecular flexibility index (Phi) is 11.6. The van der Waals surface area contributed by atoms with Gasteiger partial charge in [0.05, 0.1) is 39.6 Å². The molecule has 6 aromatic rings. The summed E-state index contributed by atoms with van der Waals surface area (Å²) in [6, 6.07) is 26.9. The van der Waals surface area contributed by atoms with Gasteiger partial charge in [-0.2, -0.15) is 0 Å². The van der Waals surface area contributed by atoms with E-state index in [1.807, 2.05) is 72.8 Å². The molecule has 0 atom stereocenters. The molecular weight excluding hydrogens is 680 g/mol. The van der Waals surface area contributed by atoms with Crippen molar-refractivity contribution in [3.8, 4) is 45.6 Å². The van der Waals surface area contributed by atoms with Crippen molar-refractivity contribution < 1.29 is 38.0 Å². The number of hydrogen-bond acceptors (Lipinski definition) is 8. The van der Waals surface area contributed by atoms with Gasteiger partial charge in [-0.1, -0.05) is 72.8 Å². The molecule has 0 amide bonds. The summed E-state index contributed by atoms with van der Waals surface area (Å²) in [7, 11) is 6.26. The summed E-state index contributed by atoms with van der Waals surface area (Å²) in [5.41, 5.74) is 5.21. The topological polar surface area (TPSA) is 89.5 Å². The van der Waals surface area contributed by atoms with E-state index in [0.717, 1.165) is 23.7 Å². The van der Waals surface area contributed by atoms with Gasteiger partial charge in [0.2, 0.25) is 0 Å². The summed E-state index contributed by atoms with van der Waals surface area (Å²) in [4.78, 5) is 25.3. The minimum absolute atomic E-state index is 0.267. The van der Waals surface area contributed by atoms with E-state index >= 15 is 0 Å². The fourth-order valence-corrected chi connectivity index (χ4v) is 6.96. The number of fused-ring (bicyclic) bond motifs is 2. The smallest absolute Gasteiger partial charge is 0.150 e. The second-order valence-corrected chi connectivity index (χ2v) is 12.5. The minimum atomic E-state index is 0.267. The third kappa shape index (κ3) is 6.98. The van der Waals surface area contributed by atoms with Gasteiger partial charge in [-0.3, -0.25) is 9.59 Å². The predicted molar refractivity (Wildman–Crippen MR) is 213 cm³/mol. The normalized spacial score (nSPS) is 10.8. The number of carbonyl (C=O) groups excluding carboxylic acids is 2. The predicted octanol–water partition coefficient (Wildman–Crippen LogP) is 9.93. The maximum absolute atomic E-state index is 12.7. The minimum Gasteiger partial charge on any atom is -0.496 e. The zero-order chi connectivity index (χ0) is 38.2. The molecule has 0 bridgehead atoms. The lowest BCUT2D eigenvalue weighted by Gasteiger charge is -2.24. The van der Waals surface area contributed by atoms with Crippen molar-refractivity contribution >= 4 is 34.1 Å². The Bertz CT molecular complexity index is 2180. The van der Waals surface area contributed by atoms with E-state index in [1.54, 1.807) is 52.7 Å². The van der Waals surface area contributed by atoms with Crippen LogP contribution in [-0.4, -0.2) is 41.0 Å². The highest BCUT2D eigenvalue weighted by Crippen LogP contribution is 2.55. The van der Waals surface area contributed by atoms with E-state index in [0.29, 0.717) is 102 Å². The number of allylic oxidation sites excluding steroid dienone is 2. The number of ether oxygens (including phenoxy) is 6. The van der Waals surface area contributed by atoms with Crippen LogP contribution < -0.4 is 28.4 Å². The van der Waals surface area contributed by atoms with E-state index in [9.17, 15) is 9.59 Å². The van der Waals surface area contributed by atoms with Gasteiger partial charge in [-0.05, 0) is 48.2 Å². The summed E-state index contributed by atoms with van der Waals surface area (Å²) in [6.07, 6.45) is 5.90. The molecule has 0 spiro atoms. The number of rotatable bonds is 17. The van der Waals surface area contributed by atoms with Crippen LogP contribution in [0.4, 0.5) is 0 Å². The molecule has 6 aromatic carbocycles. The van der Waals surface area contributed by atoms with Crippen LogP contribution in [0.15, 0.2) is 110 Å². The van der Waals surface area contributed by atoms with Crippen molar-refractivity contribution in [3.63, 3.8) is 0 Å². The third-order valence-corrected chi connectivity index (χ3v) is 9.40. The fraction of sp³-hybridized carbons (Fsp3) is 0.174. The van der Waals surface area contributed by atoms with Crippen LogP contribution in [0.5, 0.6) is 34.5 Å². The van der Waals surface area contributed by atoms with E-state index in [2.05, 4.69) is 13.2 Å². The highest BCUT2D eigenvalue weighted by atomic mass is 16.5. The molecule has 6 rings (SSSR count). The lowest BCUT2D eigenvalue weighted by atomic mass is 9.89. The summed E-state index contributed by atoms with van der Waals surface area (Å²) in [5, 5.41) is 2.58. The largest absolute Gasteiger partial charge is 0.496 e. The van der Waals surface area contributed by atoms with Crippen LogP contribution >= 0.6 is 0 Å². The highest BCUT2D eigenvalue weighted by Gasteiger charge is 2.30. The average Bonchev–Trinajstić information content (AvgIpc) is 3.21. The molecule has 0 fully saturated rings. The number of aldehydes is 2. The zero-order valence-corrected chi connectivity index (χ0v) is 30.9. The van der Waals surface area contributed by atoms with Crippen LogP contribution in [0.25, 0.3) is 32.7 Å². The molecule has 0 aliphatic rings. The SMILES string of the molecule is C=CCc1c(C=O)cc2c(OC)c(-c3c(OC)cc4c(OCc5ccccc5)c(CC=C)c(C=O)cc4c3OC)c(OC)cc2c1OCc1ccccc1. The highest BCUT2D eigenvalue weighted by molar-refractivity contribution is 6.10. The Morgan fingerprint density at radius 2 is 0.870 bits per heavy atom. The molecule has 274 valence electrons. The van der Waals surface area contributed by atoms with Gasteiger partial charge in [-0.25, -0.2) is 0 Å². The molecule has 0 N–H and O–H groups in total. The van der Waals surface area contributed by atoms with Crippen molar-refractivity contribution in [2.24, 2.45) is 0 Å². The first kappa shape index (κ1) is 37.2. The Balaban J connectivity index is 1.67. The average molecular weight is 723 g/mol. The van der Waals surface area contributed by atoms with E-state index in [4.69, 9.17) is 28.4 Å². The van der Waals surface area contributed by atoms with E-state index < -0.39 is 0 Å². The molecule has 0 saturated carbocycles. The quantitative estimate of drug-likeness (QED) is 0.0679. The lowest BCUT2D eigenvalue weighted by Crippen LogP contribution is -2.06. The molecule has 0 aromatic heterocycles. The third-order valence-electron chi connectivity index (χ3n) is 9.40. The second-order valence-electron chi connectivity index (χ2n) is 12.5. The molecule has 0 radical (unpaired) electrons. The van der Waals surface area contributed by atoms with Gasteiger partial charge in [0.1, 0.15) is 47.7 Å². The Morgan fingerprint density at radius 1 is 0.500 bits per heavy atom. The lowest BCUT2D eigenvalue weighted by molar-refractivity contribution is 0.111. The Morgan fingerprint density at radius 3 is 1.19 bits per heavy atom. The van der Waals surface area contributed by atoms with Crippen molar-refractivity contribution in [3.05, 3.63) is 144 Å². The molecule has 8 heteroatoms. The van der Waals surface area contributed by atoms with Crippen molar-refractivity contribution in [1.82, 2.24) is 0 Å². The molecule has 0 heterocycles. The fourth-order valence-electron chi connectivity index (χ4n) is 6.96. The molecule has 0 unspecified atom stereocenters. The zero-order valence-electron chi connectivity index (χ0n) is 30.9. The molecule has 54 heavy (non-hydrogen) atoms. The van der Waals surface area contributed by atoms with Crippen molar-refractivity contribution in [1.29, 1.82) is 0 Å². The molecular formula is C46H42O8. The first-order chi connectivity index (χ1) is 26.5. The molecule has 8 nitrogen and oxygen atoms in total. The Hall–Kier alpha value is -6.54. The van der Waals surface area contributed by atoms with Crippen LogP contribution in [0, 0.1) is 0 Å². The molecule has 0 saturated heterocycles. The maximum atomic E-state index is 12.7. The standard InChI is InChI=1S/C46H42O8/c1-7-15-33-31(25-47)21-35-37(43(33)53-27-29-17-11-9-12-18-29)23-39(49-3)41(45(35)51-5)42-40(50-4)24-38-36(46(42)52-6)22-32(26-48)34(16-8-2)44(38)54-28-30-19-13-10-14-20-30/h7-14,17-26H,1-2,15-16,27-28H2,3-6H3.